The van der Waals surface area contributed by atoms with Crippen LogP contribution in [0.5, 0.6) is 0 Å². The fourth-order valence-electron chi connectivity index (χ4n) is 2.23. The van der Waals surface area contributed by atoms with Gasteiger partial charge in [0.2, 0.25) is 0 Å². The van der Waals surface area contributed by atoms with Gasteiger partial charge in [0, 0.05) is 19.1 Å². The fourth-order valence-corrected chi connectivity index (χ4v) is 2.92. The normalized spacial score (nSPS) is 16.0. The van der Waals surface area contributed by atoms with Crippen LogP contribution in [0.4, 0.5) is 4.79 Å². The number of thiophene rings is 1. The van der Waals surface area contributed by atoms with Gasteiger partial charge in [-0.25, -0.2) is 4.79 Å². The van der Waals surface area contributed by atoms with Gasteiger partial charge in [-0.2, -0.15) is 0 Å². The van der Waals surface area contributed by atoms with E-state index in [0.29, 0.717) is 25.6 Å². The molecule has 0 radical (unpaired) electrons. The summed E-state index contributed by atoms with van der Waals surface area (Å²) in [5, 5.41) is 4.78. The Labute approximate surface area is 129 Å². The Morgan fingerprint density at radius 2 is 2.14 bits per heavy atom. The smallest absolute Gasteiger partial charge is 0.407 e. The molecule has 5 nitrogen and oxygen atoms in total. The molecule has 0 aromatic carbocycles. The maximum absolute atomic E-state index is 12.2. The van der Waals surface area contributed by atoms with E-state index < -0.39 is 0 Å². The third-order valence-electron chi connectivity index (χ3n) is 3.38. The van der Waals surface area contributed by atoms with Gasteiger partial charge in [0.05, 0.1) is 11.5 Å². The average Bonchev–Trinajstić information content (AvgIpc) is 2.99. The Bertz CT molecular complexity index is 465. The summed E-state index contributed by atoms with van der Waals surface area (Å²) in [7, 11) is 0. The topological polar surface area (TPSA) is 58.6 Å². The van der Waals surface area contributed by atoms with Gasteiger partial charge in [0.1, 0.15) is 0 Å². The number of alkyl carbamates (subject to hydrolysis) is 1. The quantitative estimate of drug-likeness (QED) is 0.930. The number of rotatable bonds is 4. The summed E-state index contributed by atoms with van der Waals surface area (Å²) in [6, 6.07) is 3.83. The first-order valence-electron chi connectivity index (χ1n) is 7.32. The van der Waals surface area contributed by atoms with Crippen molar-refractivity contribution in [3.05, 3.63) is 22.4 Å². The lowest BCUT2D eigenvalue weighted by molar-refractivity contribution is 0.0705. The molecule has 2 rings (SSSR count). The minimum absolute atomic E-state index is 0.0887. The number of amides is 2. The van der Waals surface area contributed by atoms with Crippen molar-refractivity contribution in [2.45, 2.75) is 32.7 Å². The summed E-state index contributed by atoms with van der Waals surface area (Å²) in [5.41, 5.74) is 0. The molecule has 0 bridgehead atoms. The highest BCUT2D eigenvalue weighted by Crippen LogP contribution is 2.17. The third-order valence-corrected chi connectivity index (χ3v) is 4.24. The van der Waals surface area contributed by atoms with Gasteiger partial charge in [-0.05, 0) is 30.2 Å². The van der Waals surface area contributed by atoms with Crippen molar-refractivity contribution in [3.63, 3.8) is 0 Å². The van der Waals surface area contributed by atoms with Gasteiger partial charge in [0.15, 0.2) is 0 Å². The van der Waals surface area contributed by atoms with Crippen molar-refractivity contribution >= 4 is 23.3 Å². The van der Waals surface area contributed by atoms with E-state index in [1.165, 1.54) is 11.3 Å². The number of nitrogens with one attached hydrogen (secondary N) is 1. The molecule has 0 spiro atoms. The van der Waals surface area contributed by atoms with Crippen LogP contribution in [-0.4, -0.2) is 42.6 Å². The van der Waals surface area contributed by atoms with Crippen LogP contribution < -0.4 is 5.32 Å². The van der Waals surface area contributed by atoms with Crippen molar-refractivity contribution in [3.8, 4) is 0 Å². The van der Waals surface area contributed by atoms with Crippen LogP contribution >= 0.6 is 11.3 Å². The Morgan fingerprint density at radius 3 is 2.71 bits per heavy atom. The van der Waals surface area contributed by atoms with Gasteiger partial charge in [-0.1, -0.05) is 19.9 Å². The number of hydrogen-bond donors (Lipinski definition) is 1. The van der Waals surface area contributed by atoms with Crippen molar-refractivity contribution in [1.29, 1.82) is 0 Å². The van der Waals surface area contributed by atoms with Crippen LogP contribution in [0, 0.1) is 5.92 Å². The molecule has 1 aliphatic rings. The molecule has 1 fully saturated rings. The summed E-state index contributed by atoms with van der Waals surface area (Å²) < 4.78 is 5.11. The Kier molecular flexibility index (Phi) is 5.61. The molecule has 1 aliphatic heterocycles. The van der Waals surface area contributed by atoms with E-state index in [-0.39, 0.29) is 18.0 Å². The summed E-state index contributed by atoms with van der Waals surface area (Å²) in [5.74, 6) is 0.423. The molecule has 0 aliphatic carbocycles. The molecule has 0 saturated carbocycles. The van der Waals surface area contributed by atoms with Crippen LogP contribution in [0.2, 0.25) is 0 Å². The molecule has 6 heteroatoms. The van der Waals surface area contributed by atoms with E-state index in [0.717, 1.165) is 17.7 Å². The maximum Gasteiger partial charge on any atom is 0.407 e. The van der Waals surface area contributed by atoms with Crippen LogP contribution in [0.25, 0.3) is 0 Å². The second-order valence-corrected chi connectivity index (χ2v) is 6.63. The predicted octanol–water partition coefficient (Wildman–Crippen LogP) is 2.73. The van der Waals surface area contributed by atoms with E-state index in [9.17, 15) is 9.59 Å². The highest BCUT2D eigenvalue weighted by atomic mass is 32.1. The molecule has 0 atom stereocenters. The van der Waals surface area contributed by atoms with Gasteiger partial charge in [-0.15, -0.1) is 11.3 Å². The Morgan fingerprint density at radius 1 is 1.43 bits per heavy atom. The fraction of sp³-hybridized carbons (Fsp3) is 0.600. The molecule has 116 valence electrons. The van der Waals surface area contributed by atoms with Crippen molar-refractivity contribution in [1.82, 2.24) is 10.2 Å². The summed E-state index contributed by atoms with van der Waals surface area (Å²) in [6.07, 6.45) is 1.19. The second kappa shape index (κ2) is 7.45. The number of likely N-dealkylation sites (tertiary alicyclic amines) is 1. The van der Waals surface area contributed by atoms with E-state index in [1.54, 1.807) is 0 Å². The molecule has 1 N–H and O–H groups in total. The first-order chi connectivity index (χ1) is 10.1. The second-order valence-electron chi connectivity index (χ2n) is 5.68. The summed E-state index contributed by atoms with van der Waals surface area (Å²) in [6.45, 7) is 5.78. The molecular weight excluding hydrogens is 288 g/mol. The maximum atomic E-state index is 12.2. The minimum Gasteiger partial charge on any atom is -0.449 e. The van der Waals surface area contributed by atoms with Gasteiger partial charge in [0.25, 0.3) is 5.91 Å². The minimum atomic E-state index is -0.355. The highest BCUT2D eigenvalue weighted by Gasteiger charge is 2.25. The summed E-state index contributed by atoms with van der Waals surface area (Å²) >= 11 is 1.46. The zero-order valence-corrected chi connectivity index (χ0v) is 13.3. The standard InChI is InChI=1S/C15H22N2O3S/c1-11(2)10-20-15(19)16-12-5-7-17(8-6-12)14(18)13-4-3-9-21-13/h3-4,9,11-12H,5-8,10H2,1-2H3,(H,16,19). The SMILES string of the molecule is CC(C)COC(=O)NC1CCN(C(=O)c2cccs2)CC1. The predicted molar refractivity (Wildman–Crippen MR) is 82.6 cm³/mol. The van der Waals surface area contributed by atoms with Crippen LogP contribution in [0.3, 0.4) is 0 Å². The number of carbonyl (C=O) groups is 2. The molecule has 2 heterocycles. The molecule has 1 aromatic heterocycles. The zero-order valence-electron chi connectivity index (χ0n) is 12.5. The lowest BCUT2D eigenvalue weighted by Crippen LogP contribution is -2.46. The zero-order chi connectivity index (χ0) is 15.2. The molecular formula is C15H22N2O3S. The largest absolute Gasteiger partial charge is 0.449 e. The van der Waals surface area contributed by atoms with Crippen LogP contribution in [0.15, 0.2) is 17.5 Å². The molecule has 2 amide bonds. The third kappa shape index (κ3) is 4.74. The molecule has 1 aromatic rings. The number of piperidine rings is 1. The van der Waals surface area contributed by atoms with Crippen LogP contribution in [0.1, 0.15) is 36.4 Å². The van der Waals surface area contributed by atoms with Gasteiger partial charge < -0.3 is 15.0 Å². The number of nitrogens with zero attached hydrogens (tertiary/aromatic N) is 1. The number of hydrogen-bond acceptors (Lipinski definition) is 4. The van der Waals surface area contributed by atoms with Crippen LogP contribution in [-0.2, 0) is 4.74 Å². The average molecular weight is 310 g/mol. The summed E-state index contributed by atoms with van der Waals surface area (Å²) in [4.78, 5) is 26.4. The van der Waals surface area contributed by atoms with E-state index in [1.807, 2.05) is 36.3 Å². The Hall–Kier alpha value is -1.56. The number of ether oxygens (including phenoxy) is 1. The molecule has 0 unspecified atom stereocenters. The Balaban J connectivity index is 1.73. The lowest BCUT2D eigenvalue weighted by atomic mass is 10.1. The molecule has 1 saturated heterocycles. The first-order valence-corrected chi connectivity index (χ1v) is 8.20. The first kappa shape index (κ1) is 15.8. The van der Waals surface area contributed by atoms with E-state index >= 15 is 0 Å². The van der Waals surface area contributed by atoms with Gasteiger partial charge in [-0.3, -0.25) is 4.79 Å². The van der Waals surface area contributed by atoms with Gasteiger partial charge >= 0.3 is 6.09 Å². The highest BCUT2D eigenvalue weighted by molar-refractivity contribution is 7.12. The molecule has 21 heavy (non-hydrogen) atoms. The van der Waals surface area contributed by atoms with Crippen molar-refractivity contribution in [2.24, 2.45) is 5.92 Å². The van der Waals surface area contributed by atoms with Crippen molar-refractivity contribution in [2.75, 3.05) is 19.7 Å². The monoisotopic (exact) mass is 310 g/mol. The number of carbonyl (C=O) groups excluding carboxylic acids is 2. The van der Waals surface area contributed by atoms with E-state index in [2.05, 4.69) is 5.32 Å². The van der Waals surface area contributed by atoms with Crippen molar-refractivity contribution < 1.29 is 14.3 Å². The van der Waals surface area contributed by atoms with E-state index in [4.69, 9.17) is 4.74 Å². The lowest BCUT2D eigenvalue weighted by Gasteiger charge is -2.32.